The fraction of sp³-hybridized carbons (Fsp3) is 0.552. The number of carbonyl (C=O) groups excluding carboxylic acids is 1. The first kappa shape index (κ1) is 26.4. The molecular weight excluding hydrogens is 512 g/mol. The molecule has 3 aliphatic rings. The number of morpholine rings is 1. The van der Waals surface area contributed by atoms with Gasteiger partial charge >= 0.3 is 0 Å². The lowest BCUT2D eigenvalue weighted by molar-refractivity contribution is -0.130. The van der Waals surface area contributed by atoms with Crippen molar-refractivity contribution in [3.63, 3.8) is 0 Å². The molecule has 0 saturated carbocycles. The number of carbonyl (C=O) groups is 1. The van der Waals surface area contributed by atoms with E-state index in [2.05, 4.69) is 32.2 Å². The molecule has 3 saturated heterocycles. The molecule has 3 aliphatic heterocycles. The average molecular weight is 551 g/mol. The minimum absolute atomic E-state index is 0.391. The van der Waals surface area contributed by atoms with Crippen LogP contribution < -0.4 is 15.5 Å². The number of thiophene rings is 1. The number of hydrogen-bond donors (Lipinski definition) is 1. The van der Waals surface area contributed by atoms with Gasteiger partial charge in [0, 0.05) is 43.7 Å². The first-order chi connectivity index (χ1) is 19.2. The Balaban J connectivity index is 1.19. The van der Waals surface area contributed by atoms with Crippen molar-refractivity contribution in [2.24, 2.45) is 11.7 Å². The normalized spacial score (nSPS) is 21.2. The van der Waals surface area contributed by atoms with Gasteiger partial charge in [-0.2, -0.15) is 4.98 Å². The number of nitrogens with two attached hydrogens (primary N) is 1. The van der Waals surface area contributed by atoms with E-state index in [-0.39, 0.29) is 0 Å². The molecule has 9 nitrogen and oxygen atoms in total. The van der Waals surface area contributed by atoms with Gasteiger partial charge in [0.05, 0.1) is 25.1 Å². The first-order valence-electron chi connectivity index (χ1n) is 14.2. The van der Waals surface area contributed by atoms with E-state index in [1.165, 1.54) is 25.9 Å². The lowest BCUT2D eigenvalue weighted by Crippen LogP contribution is -2.49. The van der Waals surface area contributed by atoms with Gasteiger partial charge in [0.2, 0.25) is 11.9 Å². The Morgan fingerprint density at radius 1 is 1.05 bits per heavy atom. The molecule has 1 aromatic carbocycles. The lowest BCUT2D eigenvalue weighted by Gasteiger charge is -2.35. The Bertz CT molecular complexity index is 1260. The molecule has 6 rings (SSSR count). The van der Waals surface area contributed by atoms with Crippen LogP contribution in [0.25, 0.3) is 21.3 Å². The number of primary amides is 1. The smallest absolute Gasteiger partial charge is 0.248 e. The second kappa shape index (κ2) is 12.2. The first-order valence-corrected chi connectivity index (χ1v) is 15.1. The van der Waals surface area contributed by atoms with Gasteiger partial charge in [0.15, 0.2) is 6.10 Å². The molecule has 1 amide bonds. The molecule has 10 heteroatoms. The van der Waals surface area contributed by atoms with E-state index < -0.39 is 12.0 Å². The molecule has 5 heterocycles. The van der Waals surface area contributed by atoms with Crippen molar-refractivity contribution in [1.82, 2.24) is 14.9 Å². The lowest BCUT2D eigenvalue weighted by atomic mass is 9.98. The highest BCUT2D eigenvalue weighted by atomic mass is 32.1. The van der Waals surface area contributed by atoms with E-state index in [0.717, 1.165) is 78.8 Å². The van der Waals surface area contributed by atoms with Gasteiger partial charge < -0.3 is 29.9 Å². The largest absolute Gasteiger partial charge is 0.380 e. The molecule has 39 heavy (non-hydrogen) atoms. The summed E-state index contributed by atoms with van der Waals surface area (Å²) in [6.45, 7) is 8.46. The number of hydrogen-bond acceptors (Lipinski definition) is 9. The van der Waals surface area contributed by atoms with E-state index in [0.29, 0.717) is 25.6 Å². The number of piperidine rings is 1. The summed E-state index contributed by atoms with van der Waals surface area (Å²) in [7, 11) is 0. The van der Waals surface area contributed by atoms with Gasteiger partial charge in [-0.05, 0) is 50.3 Å². The summed E-state index contributed by atoms with van der Waals surface area (Å²) in [5, 5.41) is 3.20. The summed E-state index contributed by atoms with van der Waals surface area (Å²) in [5.74, 6) is 1.75. The minimum Gasteiger partial charge on any atom is -0.380 e. The number of benzene rings is 1. The highest BCUT2D eigenvalue weighted by molar-refractivity contribution is 7.17. The summed E-state index contributed by atoms with van der Waals surface area (Å²) >= 11 is 1.65. The molecule has 0 aliphatic carbocycles. The van der Waals surface area contributed by atoms with Gasteiger partial charge in [0.25, 0.3) is 0 Å². The predicted octanol–water partition coefficient (Wildman–Crippen LogP) is 3.38. The van der Waals surface area contributed by atoms with Gasteiger partial charge in [-0.1, -0.05) is 30.3 Å². The maximum absolute atomic E-state index is 12.0. The van der Waals surface area contributed by atoms with Crippen molar-refractivity contribution in [3.05, 3.63) is 35.7 Å². The zero-order valence-corrected chi connectivity index (χ0v) is 23.3. The average Bonchev–Trinajstić information content (AvgIpc) is 3.66. The van der Waals surface area contributed by atoms with Gasteiger partial charge in [0.1, 0.15) is 10.6 Å². The van der Waals surface area contributed by atoms with Crippen LogP contribution in [0.2, 0.25) is 0 Å². The van der Waals surface area contributed by atoms with Crippen LogP contribution in [0.15, 0.2) is 35.7 Å². The molecule has 0 spiro atoms. The predicted molar refractivity (Wildman–Crippen MR) is 155 cm³/mol. The molecule has 0 radical (unpaired) electrons. The molecule has 3 fully saturated rings. The van der Waals surface area contributed by atoms with E-state index in [9.17, 15) is 4.79 Å². The summed E-state index contributed by atoms with van der Waals surface area (Å²) in [5.41, 5.74) is 7.86. The molecular formula is C29H38N6O3S. The standard InChI is InChI=1S/C29H38N6O3S/c30-26(36)24-18-35(15-17-38-24)27-25-23(22-6-2-1-3-7-22)20-39-28(25)32-29(31-27)34-12-8-21(9-13-34)19-37-16-14-33-10-4-5-11-33/h1-3,6-7,20-21,24H,4-5,8-19H2,(H2,30,36). The third-order valence-electron chi connectivity index (χ3n) is 8.17. The Hall–Kier alpha value is -2.79. The summed E-state index contributed by atoms with van der Waals surface area (Å²) < 4.78 is 11.7. The van der Waals surface area contributed by atoms with E-state index in [1.54, 1.807) is 11.3 Å². The molecule has 1 atom stereocenters. The highest BCUT2D eigenvalue weighted by Crippen LogP contribution is 2.40. The van der Waals surface area contributed by atoms with Crippen molar-refractivity contribution in [2.75, 3.05) is 75.4 Å². The number of fused-ring (bicyclic) bond motifs is 1. The number of rotatable bonds is 9. The van der Waals surface area contributed by atoms with Crippen LogP contribution in [-0.4, -0.2) is 92.5 Å². The van der Waals surface area contributed by atoms with Crippen LogP contribution in [0.4, 0.5) is 11.8 Å². The van der Waals surface area contributed by atoms with Crippen molar-refractivity contribution in [1.29, 1.82) is 0 Å². The van der Waals surface area contributed by atoms with E-state index >= 15 is 0 Å². The fourth-order valence-electron chi connectivity index (χ4n) is 5.88. The van der Waals surface area contributed by atoms with Crippen LogP contribution in [0.3, 0.4) is 0 Å². The highest BCUT2D eigenvalue weighted by Gasteiger charge is 2.30. The molecule has 3 aromatic rings. The van der Waals surface area contributed by atoms with Gasteiger partial charge in [-0.3, -0.25) is 4.79 Å². The quantitative estimate of drug-likeness (QED) is 0.405. The summed E-state index contributed by atoms with van der Waals surface area (Å²) in [6.07, 6.45) is 4.14. The van der Waals surface area contributed by atoms with Crippen molar-refractivity contribution < 1.29 is 14.3 Å². The topological polar surface area (TPSA) is 97.1 Å². The van der Waals surface area contributed by atoms with Gasteiger partial charge in [-0.25, -0.2) is 4.98 Å². The second-order valence-electron chi connectivity index (χ2n) is 10.8. The third kappa shape index (κ3) is 6.04. The number of nitrogens with zero attached hydrogens (tertiary/aromatic N) is 5. The fourth-order valence-corrected chi connectivity index (χ4v) is 6.81. The zero-order valence-electron chi connectivity index (χ0n) is 22.5. The van der Waals surface area contributed by atoms with Crippen LogP contribution in [0.1, 0.15) is 25.7 Å². The van der Waals surface area contributed by atoms with Crippen LogP contribution in [0.5, 0.6) is 0 Å². The van der Waals surface area contributed by atoms with Crippen molar-refractivity contribution in [3.8, 4) is 11.1 Å². The molecule has 0 bridgehead atoms. The number of aromatic nitrogens is 2. The van der Waals surface area contributed by atoms with E-state index in [4.69, 9.17) is 25.2 Å². The Morgan fingerprint density at radius 2 is 1.85 bits per heavy atom. The van der Waals surface area contributed by atoms with Crippen molar-refractivity contribution in [2.45, 2.75) is 31.8 Å². The summed E-state index contributed by atoms with van der Waals surface area (Å²) in [4.78, 5) is 30.1. The van der Waals surface area contributed by atoms with Crippen molar-refractivity contribution >= 4 is 39.2 Å². The van der Waals surface area contributed by atoms with Crippen LogP contribution in [0, 0.1) is 5.92 Å². The zero-order chi connectivity index (χ0) is 26.6. The molecule has 2 N–H and O–H groups in total. The van der Waals surface area contributed by atoms with Crippen LogP contribution >= 0.6 is 11.3 Å². The SMILES string of the molecule is NC(=O)C1CN(c2nc(N3CCC(COCCN4CCCC4)CC3)nc3scc(-c4ccccc4)c23)CCO1. The second-order valence-corrected chi connectivity index (χ2v) is 11.7. The molecule has 1 unspecified atom stereocenters. The maximum Gasteiger partial charge on any atom is 0.248 e. The van der Waals surface area contributed by atoms with E-state index in [1.807, 2.05) is 18.2 Å². The Labute approximate surface area is 233 Å². The Kier molecular flexibility index (Phi) is 8.24. The molecule has 208 valence electrons. The van der Waals surface area contributed by atoms with Gasteiger partial charge in [-0.15, -0.1) is 11.3 Å². The third-order valence-corrected chi connectivity index (χ3v) is 9.04. The Morgan fingerprint density at radius 3 is 2.62 bits per heavy atom. The minimum atomic E-state index is -0.646. The van der Waals surface area contributed by atoms with Crippen LogP contribution in [-0.2, 0) is 14.3 Å². The number of likely N-dealkylation sites (tertiary alicyclic amines) is 1. The summed E-state index contributed by atoms with van der Waals surface area (Å²) in [6, 6.07) is 10.3. The molecule has 2 aromatic heterocycles. The number of ether oxygens (including phenoxy) is 2. The maximum atomic E-state index is 12.0. The number of amides is 1. The monoisotopic (exact) mass is 550 g/mol. The number of anilines is 2.